The van der Waals surface area contributed by atoms with Crippen LogP contribution in [0.1, 0.15) is 27.0 Å². The van der Waals surface area contributed by atoms with Gasteiger partial charge in [-0.25, -0.2) is 0 Å². The standard InChI is InChI=1S/C20H17F3N4O/c1-13-2-4-14(5-3-13)12-24-17-10-11-18(27-26-17)25-19(28)15-6-8-16(9-7-15)20(21,22)23/h2-11H,12H2,1H3,(H,24,26)(H,25,27,28). The van der Waals surface area contributed by atoms with Crippen molar-refractivity contribution in [2.45, 2.75) is 19.6 Å². The lowest BCUT2D eigenvalue weighted by Gasteiger charge is -2.09. The summed E-state index contributed by atoms with van der Waals surface area (Å²) in [5, 5.41) is 13.5. The van der Waals surface area contributed by atoms with Gasteiger partial charge < -0.3 is 10.6 Å². The number of halogens is 3. The number of amides is 1. The van der Waals surface area contributed by atoms with Crippen molar-refractivity contribution in [3.8, 4) is 0 Å². The largest absolute Gasteiger partial charge is 0.416 e. The average Bonchev–Trinajstić information content (AvgIpc) is 2.68. The predicted octanol–water partition coefficient (Wildman–Crippen LogP) is 4.67. The van der Waals surface area contributed by atoms with Crippen molar-refractivity contribution >= 4 is 17.5 Å². The van der Waals surface area contributed by atoms with Crippen LogP contribution in [0, 0.1) is 6.92 Å². The Labute approximate surface area is 159 Å². The van der Waals surface area contributed by atoms with Crippen LogP contribution in [-0.4, -0.2) is 16.1 Å². The molecule has 0 unspecified atom stereocenters. The molecular weight excluding hydrogens is 369 g/mol. The second-order valence-electron chi connectivity index (χ2n) is 6.17. The monoisotopic (exact) mass is 386 g/mol. The van der Waals surface area contributed by atoms with E-state index in [9.17, 15) is 18.0 Å². The molecule has 0 saturated heterocycles. The van der Waals surface area contributed by atoms with Crippen molar-refractivity contribution in [1.82, 2.24) is 10.2 Å². The molecule has 2 aromatic carbocycles. The fourth-order valence-corrected chi connectivity index (χ4v) is 2.39. The fourth-order valence-electron chi connectivity index (χ4n) is 2.39. The Morgan fingerprint density at radius 2 is 1.50 bits per heavy atom. The highest BCUT2D eigenvalue weighted by molar-refractivity contribution is 6.03. The smallest absolute Gasteiger partial charge is 0.365 e. The van der Waals surface area contributed by atoms with Crippen molar-refractivity contribution < 1.29 is 18.0 Å². The lowest BCUT2D eigenvalue weighted by molar-refractivity contribution is -0.137. The van der Waals surface area contributed by atoms with Gasteiger partial charge >= 0.3 is 6.18 Å². The first-order valence-electron chi connectivity index (χ1n) is 8.43. The van der Waals surface area contributed by atoms with Gasteiger partial charge in [0.25, 0.3) is 5.91 Å². The molecule has 3 rings (SSSR count). The van der Waals surface area contributed by atoms with Crippen molar-refractivity contribution in [3.63, 3.8) is 0 Å². The fraction of sp³-hybridized carbons (Fsp3) is 0.150. The molecule has 0 saturated carbocycles. The highest BCUT2D eigenvalue weighted by Gasteiger charge is 2.30. The normalized spacial score (nSPS) is 11.1. The molecule has 0 bridgehead atoms. The number of benzene rings is 2. The maximum atomic E-state index is 12.6. The third-order valence-corrected chi connectivity index (χ3v) is 3.97. The van der Waals surface area contributed by atoms with E-state index in [1.807, 2.05) is 31.2 Å². The van der Waals surface area contributed by atoms with Crippen LogP contribution in [0.15, 0.2) is 60.7 Å². The summed E-state index contributed by atoms with van der Waals surface area (Å²) in [4.78, 5) is 12.1. The number of carbonyl (C=O) groups excluding carboxylic acids is 1. The van der Waals surface area contributed by atoms with E-state index in [-0.39, 0.29) is 11.4 Å². The van der Waals surface area contributed by atoms with Crippen LogP contribution < -0.4 is 10.6 Å². The summed E-state index contributed by atoms with van der Waals surface area (Å²) in [5.74, 6) is 0.169. The van der Waals surface area contributed by atoms with Crippen molar-refractivity contribution in [2.75, 3.05) is 10.6 Å². The summed E-state index contributed by atoms with van der Waals surface area (Å²) in [5.41, 5.74) is 1.55. The van der Waals surface area contributed by atoms with Crippen molar-refractivity contribution in [3.05, 3.63) is 82.9 Å². The first-order valence-corrected chi connectivity index (χ1v) is 8.43. The summed E-state index contributed by atoms with van der Waals surface area (Å²) >= 11 is 0. The number of anilines is 2. The minimum absolute atomic E-state index is 0.0939. The summed E-state index contributed by atoms with van der Waals surface area (Å²) in [7, 11) is 0. The molecule has 144 valence electrons. The Balaban J connectivity index is 1.57. The second-order valence-corrected chi connectivity index (χ2v) is 6.17. The number of aryl methyl sites for hydroxylation is 1. The number of aromatic nitrogens is 2. The summed E-state index contributed by atoms with van der Waals surface area (Å²) in [6.45, 7) is 2.59. The summed E-state index contributed by atoms with van der Waals surface area (Å²) < 4.78 is 37.7. The lowest BCUT2D eigenvalue weighted by Crippen LogP contribution is -2.14. The zero-order chi connectivity index (χ0) is 20.1. The van der Waals surface area contributed by atoms with E-state index in [0.29, 0.717) is 12.4 Å². The molecule has 28 heavy (non-hydrogen) atoms. The number of hydrogen-bond acceptors (Lipinski definition) is 4. The predicted molar refractivity (Wildman–Crippen MR) is 99.9 cm³/mol. The molecule has 0 spiro atoms. The zero-order valence-corrected chi connectivity index (χ0v) is 14.9. The molecule has 3 aromatic rings. The van der Waals surface area contributed by atoms with Crippen LogP contribution in [0.2, 0.25) is 0 Å². The van der Waals surface area contributed by atoms with E-state index >= 15 is 0 Å². The molecule has 5 nitrogen and oxygen atoms in total. The minimum atomic E-state index is -4.44. The van der Waals surface area contributed by atoms with Crippen molar-refractivity contribution in [1.29, 1.82) is 0 Å². The number of rotatable bonds is 5. The Kier molecular flexibility index (Phi) is 5.58. The number of hydrogen-bond donors (Lipinski definition) is 2. The Morgan fingerprint density at radius 1 is 0.893 bits per heavy atom. The maximum Gasteiger partial charge on any atom is 0.416 e. The highest BCUT2D eigenvalue weighted by atomic mass is 19.4. The van der Waals surface area contributed by atoms with Crippen LogP contribution in [0.5, 0.6) is 0 Å². The summed E-state index contributed by atoms with van der Waals surface area (Å²) in [6.07, 6.45) is -4.44. The first kappa shape index (κ1) is 19.3. The van der Waals surface area contributed by atoms with E-state index in [1.165, 1.54) is 5.56 Å². The quantitative estimate of drug-likeness (QED) is 0.669. The molecule has 0 radical (unpaired) electrons. The van der Waals surface area contributed by atoms with Crippen LogP contribution in [0.25, 0.3) is 0 Å². The van der Waals surface area contributed by atoms with E-state index in [4.69, 9.17) is 0 Å². The number of carbonyl (C=O) groups is 1. The van der Waals surface area contributed by atoms with Crippen LogP contribution in [0.4, 0.5) is 24.8 Å². The molecule has 0 aliphatic heterocycles. The Hall–Kier alpha value is -3.42. The molecule has 8 heteroatoms. The van der Waals surface area contributed by atoms with E-state index in [2.05, 4.69) is 20.8 Å². The lowest BCUT2D eigenvalue weighted by atomic mass is 10.1. The average molecular weight is 386 g/mol. The van der Waals surface area contributed by atoms with E-state index in [1.54, 1.807) is 12.1 Å². The zero-order valence-electron chi connectivity index (χ0n) is 14.9. The molecule has 1 amide bonds. The van der Waals surface area contributed by atoms with Crippen LogP contribution in [0.3, 0.4) is 0 Å². The van der Waals surface area contributed by atoms with Gasteiger partial charge in [0.15, 0.2) is 5.82 Å². The Morgan fingerprint density at radius 3 is 2.07 bits per heavy atom. The van der Waals surface area contributed by atoms with Gasteiger partial charge in [0, 0.05) is 12.1 Å². The number of nitrogens with one attached hydrogen (secondary N) is 2. The van der Waals surface area contributed by atoms with Crippen molar-refractivity contribution in [2.24, 2.45) is 0 Å². The summed E-state index contributed by atoms with van der Waals surface area (Å²) in [6, 6.07) is 15.2. The van der Waals surface area contributed by atoms with E-state index in [0.717, 1.165) is 29.8 Å². The number of alkyl halides is 3. The Bertz CT molecular complexity index is 937. The molecule has 1 aromatic heterocycles. The molecule has 0 atom stereocenters. The van der Waals surface area contributed by atoms with Gasteiger partial charge in [0.05, 0.1) is 5.56 Å². The van der Waals surface area contributed by atoms with Gasteiger partial charge in [-0.2, -0.15) is 13.2 Å². The van der Waals surface area contributed by atoms with Gasteiger partial charge in [-0.1, -0.05) is 29.8 Å². The van der Waals surface area contributed by atoms with Gasteiger partial charge in [0.1, 0.15) is 5.82 Å². The maximum absolute atomic E-state index is 12.6. The molecule has 0 aliphatic rings. The topological polar surface area (TPSA) is 66.9 Å². The molecule has 1 heterocycles. The molecular formula is C20H17F3N4O. The van der Waals surface area contributed by atoms with Crippen LogP contribution >= 0.6 is 0 Å². The molecule has 0 fully saturated rings. The third-order valence-electron chi connectivity index (χ3n) is 3.97. The minimum Gasteiger partial charge on any atom is -0.365 e. The third kappa shape index (κ3) is 5.06. The SMILES string of the molecule is Cc1ccc(CNc2ccc(NC(=O)c3ccc(C(F)(F)F)cc3)nn2)cc1. The second kappa shape index (κ2) is 8.08. The van der Waals surface area contributed by atoms with E-state index < -0.39 is 17.6 Å². The van der Waals surface area contributed by atoms with Gasteiger partial charge in [-0.05, 0) is 48.9 Å². The van der Waals surface area contributed by atoms with Crippen LogP contribution in [-0.2, 0) is 12.7 Å². The van der Waals surface area contributed by atoms with Gasteiger partial charge in [-0.3, -0.25) is 4.79 Å². The van der Waals surface area contributed by atoms with Gasteiger partial charge in [-0.15, -0.1) is 10.2 Å². The first-order chi connectivity index (χ1) is 13.3. The highest BCUT2D eigenvalue weighted by Crippen LogP contribution is 2.29. The molecule has 2 N–H and O–H groups in total. The van der Waals surface area contributed by atoms with Gasteiger partial charge in [0.2, 0.25) is 0 Å². The number of nitrogens with zero attached hydrogens (tertiary/aromatic N) is 2. The molecule has 0 aliphatic carbocycles.